The van der Waals surface area contributed by atoms with Crippen LogP contribution >= 0.6 is 0 Å². The molecule has 239 valence electrons. The van der Waals surface area contributed by atoms with E-state index in [0.717, 1.165) is 32.1 Å². The maximum Gasteiger partial charge on any atom is 0.408 e. The first-order valence-corrected chi connectivity index (χ1v) is 14.9. The smallest absolute Gasteiger partial charge is 0.408 e. The molecule has 6 atom stereocenters. The molecule has 1 saturated carbocycles. The van der Waals surface area contributed by atoms with E-state index in [2.05, 4.69) is 15.0 Å². The number of hydrogen-bond donors (Lipinski definition) is 1. The van der Waals surface area contributed by atoms with E-state index in [4.69, 9.17) is 14.5 Å². The van der Waals surface area contributed by atoms with Crippen molar-refractivity contribution in [2.45, 2.75) is 104 Å². The van der Waals surface area contributed by atoms with Crippen LogP contribution in [0.1, 0.15) is 72.4 Å². The van der Waals surface area contributed by atoms with Crippen molar-refractivity contribution in [1.82, 2.24) is 20.2 Å². The molecule has 2 aromatic rings. The normalized spacial score (nSPS) is 29.6. The van der Waals surface area contributed by atoms with Crippen molar-refractivity contribution in [2.24, 2.45) is 17.3 Å². The summed E-state index contributed by atoms with van der Waals surface area (Å²) in [7, 11) is 0. The third-order valence-corrected chi connectivity index (χ3v) is 8.88. The van der Waals surface area contributed by atoms with E-state index in [0.29, 0.717) is 23.1 Å². The zero-order chi connectivity index (χ0) is 31.1. The van der Waals surface area contributed by atoms with Crippen LogP contribution in [0.3, 0.4) is 0 Å². The van der Waals surface area contributed by atoms with Gasteiger partial charge in [0.25, 0.3) is 0 Å². The van der Waals surface area contributed by atoms with E-state index in [1.54, 1.807) is 13.0 Å². The van der Waals surface area contributed by atoms with Gasteiger partial charge < -0.3 is 29.2 Å². The average molecular weight is 653 g/mol. The summed E-state index contributed by atoms with van der Waals surface area (Å²) in [5.41, 5.74) is 0.172. The number of alkyl carbamates (subject to hydrolysis) is 1. The third kappa shape index (κ3) is 7.28. The molecule has 44 heavy (non-hydrogen) atoms. The van der Waals surface area contributed by atoms with Gasteiger partial charge in [-0.25, -0.2) is 21.0 Å². The molecule has 3 aliphatic rings. The standard InChI is InChI=1S/C31H39F2N4O6.V/c1-17-23(16-38)37-15-24(17)42-26-21(34-20-12-11-19(41-28(32)33)13-22(20)35-26)10-8-6-7-9-18-14-31(18,5)43-29(40)36-25(27(37)39)30(2,3)4;/h11-13,17-18,23-25,28H,6-10,14-15H2,1-5H3,(H,36,40);/q-1;/t17-,18+,23+,24-,25+,31+;/m0./s1. The van der Waals surface area contributed by atoms with Crippen LogP contribution in [0.5, 0.6) is 11.6 Å². The largest absolute Gasteiger partial charge is 0.540 e. The third-order valence-electron chi connectivity index (χ3n) is 8.88. The van der Waals surface area contributed by atoms with Crippen LogP contribution in [0, 0.1) is 17.3 Å². The van der Waals surface area contributed by atoms with Crippen molar-refractivity contribution in [1.29, 1.82) is 0 Å². The molecule has 1 aliphatic carbocycles. The van der Waals surface area contributed by atoms with Gasteiger partial charge in [-0.3, -0.25) is 4.79 Å². The SMILES string of the molecule is C[C@@H]1[C@@H]2CN(C(=O)[C@H](C(C)(C)C)NC(=O)O[C@]3(C)C[C@H]3CCCCCc3nc4ccc(OC(F)F)cc4nc3O2)[C@@H]1[C-]=O.[V]. The van der Waals surface area contributed by atoms with Gasteiger partial charge in [-0.05, 0) is 56.1 Å². The molecule has 1 aromatic heterocycles. The Kier molecular flexibility index (Phi) is 10.1. The Hall–Kier alpha value is -2.99. The second kappa shape index (κ2) is 13.2. The molecule has 2 aliphatic heterocycles. The number of alkyl halides is 2. The van der Waals surface area contributed by atoms with Crippen LogP contribution in [0.15, 0.2) is 18.2 Å². The molecule has 13 heteroatoms. The van der Waals surface area contributed by atoms with E-state index in [9.17, 15) is 23.2 Å². The number of ether oxygens (including phenoxy) is 3. The first-order chi connectivity index (χ1) is 20.3. The quantitative estimate of drug-likeness (QED) is 0.462. The van der Waals surface area contributed by atoms with E-state index in [1.807, 2.05) is 34.0 Å². The molecule has 2 bridgehead atoms. The summed E-state index contributed by atoms with van der Waals surface area (Å²) in [5.74, 6) is -0.486. The monoisotopic (exact) mass is 652 g/mol. The number of carbonyl (C=O) groups excluding carboxylic acids is 3. The minimum absolute atomic E-state index is 0. The Balaban J connectivity index is 0.00000442. The Bertz CT molecular complexity index is 1390. The molecular formula is C31H39F2N4O6V-. The molecule has 10 nitrogen and oxygen atoms in total. The molecule has 1 radical (unpaired) electrons. The summed E-state index contributed by atoms with van der Waals surface area (Å²) >= 11 is 0. The van der Waals surface area contributed by atoms with Crippen molar-refractivity contribution in [3.63, 3.8) is 0 Å². The molecule has 1 N–H and O–H groups in total. The van der Waals surface area contributed by atoms with Gasteiger partial charge in [0, 0.05) is 30.5 Å². The van der Waals surface area contributed by atoms with Crippen molar-refractivity contribution in [3.8, 4) is 11.6 Å². The van der Waals surface area contributed by atoms with Crippen LogP contribution < -0.4 is 14.8 Å². The second-order valence-corrected chi connectivity index (χ2v) is 13.2. The van der Waals surface area contributed by atoms with Crippen molar-refractivity contribution < 1.29 is 55.9 Å². The Labute approximate surface area is 267 Å². The van der Waals surface area contributed by atoms with Gasteiger partial charge in [0.15, 0.2) is 0 Å². The van der Waals surface area contributed by atoms with Gasteiger partial charge in [0.1, 0.15) is 29.2 Å². The molecule has 1 aromatic carbocycles. The molecule has 2 amide bonds. The maximum absolute atomic E-state index is 13.9. The van der Waals surface area contributed by atoms with Crippen molar-refractivity contribution in [2.75, 3.05) is 6.54 Å². The van der Waals surface area contributed by atoms with Crippen molar-refractivity contribution >= 4 is 29.3 Å². The Morgan fingerprint density at radius 2 is 1.91 bits per heavy atom. The molecule has 0 spiro atoms. The number of benzene rings is 1. The fraction of sp³-hybridized carbons (Fsp3) is 0.645. The number of halogens is 2. The zero-order valence-electron chi connectivity index (χ0n) is 25.6. The molecular weight excluding hydrogens is 613 g/mol. The fourth-order valence-corrected chi connectivity index (χ4v) is 6.13. The van der Waals surface area contributed by atoms with Gasteiger partial charge in [0.2, 0.25) is 11.8 Å². The molecule has 3 heterocycles. The number of amides is 2. The summed E-state index contributed by atoms with van der Waals surface area (Å²) in [4.78, 5) is 49.9. The fourth-order valence-electron chi connectivity index (χ4n) is 6.13. The number of aryl methyl sites for hydroxylation is 1. The first kappa shape index (κ1) is 33.9. The van der Waals surface area contributed by atoms with E-state index in [-0.39, 0.29) is 42.6 Å². The zero-order valence-corrected chi connectivity index (χ0v) is 27.0. The molecule has 2 fully saturated rings. The number of rotatable bonds is 3. The van der Waals surface area contributed by atoms with Gasteiger partial charge in [-0.2, -0.15) is 8.78 Å². The maximum atomic E-state index is 13.9. The summed E-state index contributed by atoms with van der Waals surface area (Å²) in [6, 6.07) is 2.49. The first-order valence-electron chi connectivity index (χ1n) is 14.9. The molecule has 5 rings (SSSR count). The predicted octanol–water partition coefficient (Wildman–Crippen LogP) is 4.97. The molecule has 1 saturated heterocycles. The number of aromatic nitrogens is 2. The van der Waals surface area contributed by atoms with E-state index < -0.39 is 53.7 Å². The molecule has 0 unspecified atom stereocenters. The predicted molar refractivity (Wildman–Crippen MR) is 152 cm³/mol. The van der Waals surface area contributed by atoms with Crippen LogP contribution in [0.4, 0.5) is 13.6 Å². The summed E-state index contributed by atoms with van der Waals surface area (Å²) in [6.07, 6.45) is 5.57. The van der Waals surface area contributed by atoms with Crippen LogP contribution in [0.2, 0.25) is 0 Å². The summed E-state index contributed by atoms with van der Waals surface area (Å²) in [5, 5.41) is 2.78. The Morgan fingerprint density at radius 3 is 2.59 bits per heavy atom. The minimum Gasteiger partial charge on any atom is -0.540 e. The number of carbonyl (C=O) groups is 2. The van der Waals surface area contributed by atoms with Crippen LogP contribution in [-0.4, -0.2) is 70.1 Å². The van der Waals surface area contributed by atoms with Crippen molar-refractivity contribution in [3.05, 3.63) is 23.9 Å². The van der Waals surface area contributed by atoms with Gasteiger partial charge in [-0.15, -0.1) is 0 Å². The number of nitrogens with one attached hydrogen (secondary N) is 1. The van der Waals surface area contributed by atoms with Crippen LogP contribution in [0.25, 0.3) is 11.0 Å². The summed E-state index contributed by atoms with van der Waals surface area (Å²) in [6.45, 7) is 6.28. The van der Waals surface area contributed by atoms with E-state index >= 15 is 0 Å². The number of hydrogen-bond acceptors (Lipinski definition) is 8. The van der Waals surface area contributed by atoms with Gasteiger partial charge >= 0.3 is 12.7 Å². The number of fused-ring (bicyclic) bond motifs is 5. The van der Waals surface area contributed by atoms with Gasteiger partial charge in [-0.1, -0.05) is 46.6 Å². The minimum atomic E-state index is -2.98. The second-order valence-electron chi connectivity index (χ2n) is 13.2. The Morgan fingerprint density at radius 1 is 1.16 bits per heavy atom. The van der Waals surface area contributed by atoms with E-state index in [1.165, 1.54) is 17.0 Å². The van der Waals surface area contributed by atoms with Gasteiger partial charge in [0.05, 0.1) is 17.6 Å². The topological polar surface area (TPSA) is 120 Å². The van der Waals surface area contributed by atoms with Crippen LogP contribution in [-0.2, 0) is 39.3 Å². The number of nitrogens with zero attached hydrogens (tertiary/aromatic N) is 3. The average Bonchev–Trinajstić information content (AvgIpc) is 3.44. The summed E-state index contributed by atoms with van der Waals surface area (Å²) < 4.78 is 42.4.